The highest BCUT2D eigenvalue weighted by Gasteiger charge is 2.21. The number of benzene rings is 1. The maximum atomic E-state index is 10.1. The standard InChI is InChI=1S/C20H30N6O2.HI/c1-4-21-20(22-10-9-18-23-19(15(2)3)24-28-18)26-13-11-25(12-14-26)16-7-5-6-8-17(16)27;/h5-8,15,27H,4,9-14H2,1-3H3,(H,21,22);1H. The number of hydrogen-bond donors (Lipinski definition) is 2. The smallest absolute Gasteiger partial charge is 0.228 e. The van der Waals surface area contributed by atoms with Crippen LogP contribution in [-0.4, -0.2) is 65.4 Å². The van der Waals surface area contributed by atoms with E-state index in [1.165, 1.54) is 0 Å². The number of aromatic hydroxyl groups is 1. The van der Waals surface area contributed by atoms with Gasteiger partial charge in [-0.15, -0.1) is 24.0 Å². The summed E-state index contributed by atoms with van der Waals surface area (Å²) >= 11 is 0. The maximum absolute atomic E-state index is 10.1. The number of hydrogen-bond acceptors (Lipinski definition) is 6. The third kappa shape index (κ3) is 6.22. The highest BCUT2D eigenvalue weighted by Crippen LogP contribution is 2.27. The Morgan fingerprint density at radius 3 is 2.59 bits per heavy atom. The van der Waals surface area contributed by atoms with E-state index in [9.17, 15) is 5.11 Å². The molecule has 0 bridgehead atoms. The molecule has 2 heterocycles. The lowest BCUT2D eigenvalue weighted by atomic mass is 10.2. The van der Waals surface area contributed by atoms with Crippen molar-refractivity contribution in [3.05, 3.63) is 36.0 Å². The van der Waals surface area contributed by atoms with Crippen molar-refractivity contribution < 1.29 is 9.63 Å². The topological polar surface area (TPSA) is 90.0 Å². The summed E-state index contributed by atoms with van der Waals surface area (Å²) in [6.07, 6.45) is 0.631. The zero-order valence-electron chi connectivity index (χ0n) is 17.3. The summed E-state index contributed by atoms with van der Waals surface area (Å²) in [5, 5.41) is 17.4. The van der Waals surface area contributed by atoms with E-state index in [4.69, 9.17) is 9.52 Å². The molecule has 8 nitrogen and oxygen atoms in total. The zero-order chi connectivity index (χ0) is 19.9. The maximum Gasteiger partial charge on any atom is 0.228 e. The molecule has 2 aromatic rings. The van der Waals surface area contributed by atoms with E-state index in [1.54, 1.807) is 6.07 Å². The minimum absolute atomic E-state index is 0. The Morgan fingerprint density at radius 1 is 1.24 bits per heavy atom. The average molecular weight is 514 g/mol. The van der Waals surface area contributed by atoms with E-state index < -0.39 is 0 Å². The van der Waals surface area contributed by atoms with Crippen LogP contribution in [0, 0.1) is 0 Å². The van der Waals surface area contributed by atoms with Crippen LogP contribution < -0.4 is 10.2 Å². The number of phenols is 1. The van der Waals surface area contributed by atoms with Crippen LogP contribution in [0.1, 0.15) is 38.4 Å². The van der Waals surface area contributed by atoms with Gasteiger partial charge in [-0.05, 0) is 19.1 Å². The predicted molar refractivity (Wildman–Crippen MR) is 125 cm³/mol. The molecule has 0 unspecified atom stereocenters. The second-order valence-electron chi connectivity index (χ2n) is 7.15. The van der Waals surface area contributed by atoms with Gasteiger partial charge in [0.05, 0.1) is 12.2 Å². The molecule has 1 fully saturated rings. The van der Waals surface area contributed by atoms with Crippen molar-refractivity contribution in [2.24, 2.45) is 4.99 Å². The number of para-hydroxylation sites is 2. The van der Waals surface area contributed by atoms with Crippen molar-refractivity contribution in [2.45, 2.75) is 33.1 Å². The van der Waals surface area contributed by atoms with Gasteiger partial charge in [-0.3, -0.25) is 4.99 Å². The summed E-state index contributed by atoms with van der Waals surface area (Å²) in [5.74, 6) is 2.87. The van der Waals surface area contributed by atoms with Gasteiger partial charge in [0.15, 0.2) is 11.8 Å². The van der Waals surface area contributed by atoms with Gasteiger partial charge in [0.2, 0.25) is 5.89 Å². The van der Waals surface area contributed by atoms with Crippen molar-refractivity contribution in [1.29, 1.82) is 0 Å². The summed E-state index contributed by atoms with van der Waals surface area (Å²) in [6, 6.07) is 7.49. The van der Waals surface area contributed by atoms with Crippen LogP contribution in [0.15, 0.2) is 33.8 Å². The summed E-state index contributed by atoms with van der Waals surface area (Å²) < 4.78 is 5.29. The predicted octanol–water partition coefficient (Wildman–Crippen LogP) is 2.85. The van der Waals surface area contributed by atoms with Crippen LogP contribution >= 0.6 is 24.0 Å². The Labute approximate surface area is 189 Å². The summed E-state index contributed by atoms with van der Waals surface area (Å²) in [5.41, 5.74) is 0.890. The van der Waals surface area contributed by atoms with Crippen molar-refractivity contribution in [3.8, 4) is 5.75 Å². The number of guanidine groups is 1. The van der Waals surface area contributed by atoms with E-state index in [0.717, 1.165) is 50.2 Å². The first kappa shape index (κ1) is 23.2. The molecule has 1 aliphatic heterocycles. The summed E-state index contributed by atoms with van der Waals surface area (Å²) in [4.78, 5) is 13.6. The van der Waals surface area contributed by atoms with Crippen LogP contribution in [0.3, 0.4) is 0 Å². The highest BCUT2D eigenvalue weighted by atomic mass is 127. The Bertz CT molecular complexity index is 787. The third-order valence-electron chi connectivity index (χ3n) is 4.72. The number of nitrogens with one attached hydrogen (secondary N) is 1. The first-order valence-corrected chi connectivity index (χ1v) is 9.97. The molecular weight excluding hydrogens is 483 g/mol. The number of nitrogens with zero attached hydrogens (tertiary/aromatic N) is 5. The number of rotatable bonds is 6. The summed E-state index contributed by atoms with van der Waals surface area (Å²) in [7, 11) is 0. The molecule has 0 amide bonds. The minimum Gasteiger partial charge on any atom is -0.506 e. The van der Waals surface area contributed by atoms with Gasteiger partial charge >= 0.3 is 0 Å². The molecule has 29 heavy (non-hydrogen) atoms. The molecular formula is C20H31IN6O2. The fourth-order valence-electron chi connectivity index (χ4n) is 3.18. The third-order valence-corrected chi connectivity index (χ3v) is 4.72. The van der Waals surface area contributed by atoms with Gasteiger partial charge in [-0.1, -0.05) is 31.1 Å². The number of piperazine rings is 1. The van der Waals surface area contributed by atoms with Gasteiger partial charge in [0.1, 0.15) is 5.75 Å². The van der Waals surface area contributed by atoms with Crippen LogP contribution in [0.25, 0.3) is 0 Å². The van der Waals surface area contributed by atoms with E-state index >= 15 is 0 Å². The van der Waals surface area contributed by atoms with Gasteiger partial charge in [-0.25, -0.2) is 0 Å². The molecule has 1 saturated heterocycles. The molecule has 160 valence electrons. The first-order valence-electron chi connectivity index (χ1n) is 9.97. The molecule has 3 rings (SSSR count). The Balaban J connectivity index is 0.00000300. The molecule has 0 aliphatic carbocycles. The second kappa shape index (κ2) is 11.2. The molecule has 2 N–H and O–H groups in total. The van der Waals surface area contributed by atoms with Crippen molar-refractivity contribution in [1.82, 2.24) is 20.4 Å². The Hall–Kier alpha value is -2.04. The molecule has 0 saturated carbocycles. The van der Waals surface area contributed by atoms with Crippen LogP contribution in [-0.2, 0) is 6.42 Å². The monoisotopic (exact) mass is 514 g/mol. The summed E-state index contributed by atoms with van der Waals surface area (Å²) in [6.45, 7) is 10.9. The van der Waals surface area contributed by atoms with E-state index in [2.05, 4.69) is 32.2 Å². The number of aliphatic imine (C=N–C) groups is 1. The van der Waals surface area contributed by atoms with E-state index in [0.29, 0.717) is 24.6 Å². The fourth-order valence-corrected chi connectivity index (χ4v) is 3.18. The van der Waals surface area contributed by atoms with Crippen molar-refractivity contribution in [2.75, 3.05) is 44.2 Å². The lowest BCUT2D eigenvalue weighted by molar-refractivity contribution is 0.365. The molecule has 0 radical (unpaired) electrons. The molecule has 1 aromatic carbocycles. The SMILES string of the molecule is CCNC(=NCCc1nc(C(C)C)no1)N1CCN(c2ccccc2O)CC1.I. The largest absolute Gasteiger partial charge is 0.506 e. The van der Waals surface area contributed by atoms with Gasteiger partial charge in [0, 0.05) is 45.1 Å². The molecule has 1 aliphatic rings. The number of halogens is 1. The normalized spacial score (nSPS) is 14.8. The quantitative estimate of drug-likeness (QED) is 0.348. The molecule has 1 aromatic heterocycles. The Morgan fingerprint density at radius 2 is 1.97 bits per heavy atom. The lowest BCUT2D eigenvalue weighted by Crippen LogP contribution is -2.52. The fraction of sp³-hybridized carbons (Fsp3) is 0.550. The van der Waals surface area contributed by atoms with Crippen LogP contribution in [0.5, 0.6) is 5.75 Å². The lowest BCUT2D eigenvalue weighted by Gasteiger charge is -2.37. The number of phenolic OH excluding ortho intramolecular Hbond substituents is 1. The Kier molecular flexibility index (Phi) is 8.99. The van der Waals surface area contributed by atoms with Gasteiger partial charge < -0.3 is 24.7 Å². The highest BCUT2D eigenvalue weighted by molar-refractivity contribution is 14.0. The average Bonchev–Trinajstić information content (AvgIpc) is 3.17. The molecule has 0 spiro atoms. The first-order chi connectivity index (χ1) is 13.6. The van der Waals surface area contributed by atoms with Gasteiger partial charge in [-0.2, -0.15) is 4.98 Å². The molecule has 9 heteroatoms. The van der Waals surface area contributed by atoms with Crippen molar-refractivity contribution >= 4 is 35.6 Å². The zero-order valence-corrected chi connectivity index (χ0v) is 19.7. The number of anilines is 1. The van der Waals surface area contributed by atoms with Crippen LogP contribution in [0.2, 0.25) is 0 Å². The number of aromatic nitrogens is 2. The minimum atomic E-state index is 0. The molecule has 0 atom stereocenters. The van der Waals surface area contributed by atoms with E-state index in [-0.39, 0.29) is 29.9 Å². The van der Waals surface area contributed by atoms with E-state index in [1.807, 2.05) is 32.0 Å². The van der Waals surface area contributed by atoms with Crippen LogP contribution in [0.4, 0.5) is 5.69 Å². The second-order valence-corrected chi connectivity index (χ2v) is 7.15. The van der Waals surface area contributed by atoms with Gasteiger partial charge in [0.25, 0.3) is 0 Å². The van der Waals surface area contributed by atoms with Crippen molar-refractivity contribution in [3.63, 3.8) is 0 Å².